The molecule has 6 nitrogen and oxygen atoms in total. The Bertz CT molecular complexity index is 879. The summed E-state index contributed by atoms with van der Waals surface area (Å²) in [5, 5.41) is 4.46. The highest BCUT2D eigenvalue weighted by Gasteiger charge is 2.13. The van der Waals surface area contributed by atoms with Gasteiger partial charge in [0.25, 0.3) is 5.89 Å². The monoisotopic (exact) mass is 358 g/mol. The Kier molecular flexibility index (Phi) is 5.30. The van der Waals surface area contributed by atoms with Crippen LogP contribution in [0.1, 0.15) is 11.5 Å². The number of methoxy groups -OCH3 is 1. The molecular formula is C18H15ClN2O4. The Labute approximate surface area is 149 Å². The number of carbonyl (C=O) groups excluding carboxylic acids is 1. The molecule has 3 rings (SSSR count). The van der Waals surface area contributed by atoms with Crippen molar-refractivity contribution in [3.8, 4) is 17.1 Å². The minimum atomic E-state index is -0.338. The lowest BCUT2D eigenvalue weighted by Crippen LogP contribution is -2.06. The highest BCUT2D eigenvalue weighted by molar-refractivity contribution is 6.33. The standard InChI is InChI=1S/C18H15ClN2O4/c1-23-17(22)10-12-6-2-5-9-15(12)24-11-16-20-18(21-25-16)13-7-3-4-8-14(13)19/h2-9H,10-11H2,1H3. The molecule has 0 atom stereocenters. The number of ether oxygens (including phenoxy) is 2. The molecule has 0 radical (unpaired) electrons. The Morgan fingerprint density at radius 1 is 1.16 bits per heavy atom. The molecule has 1 heterocycles. The molecule has 25 heavy (non-hydrogen) atoms. The topological polar surface area (TPSA) is 74.5 Å². The number of hydrogen-bond acceptors (Lipinski definition) is 6. The molecule has 128 valence electrons. The number of para-hydroxylation sites is 1. The smallest absolute Gasteiger partial charge is 0.310 e. The number of nitrogens with zero attached hydrogens (tertiary/aromatic N) is 2. The molecule has 2 aromatic carbocycles. The van der Waals surface area contributed by atoms with Crippen molar-refractivity contribution in [3.63, 3.8) is 0 Å². The van der Waals surface area contributed by atoms with Crippen LogP contribution < -0.4 is 4.74 Å². The van der Waals surface area contributed by atoms with E-state index < -0.39 is 0 Å². The molecule has 7 heteroatoms. The lowest BCUT2D eigenvalue weighted by atomic mass is 10.1. The van der Waals surface area contributed by atoms with Crippen LogP contribution in [0.3, 0.4) is 0 Å². The largest absolute Gasteiger partial charge is 0.483 e. The Morgan fingerprint density at radius 3 is 2.72 bits per heavy atom. The van der Waals surface area contributed by atoms with Crippen LogP contribution in [0, 0.1) is 0 Å². The summed E-state index contributed by atoms with van der Waals surface area (Å²) in [5.41, 5.74) is 1.41. The van der Waals surface area contributed by atoms with Gasteiger partial charge in [-0.3, -0.25) is 4.79 Å². The highest BCUT2D eigenvalue weighted by Crippen LogP contribution is 2.25. The molecule has 0 aliphatic carbocycles. The summed E-state index contributed by atoms with van der Waals surface area (Å²) in [6.07, 6.45) is 0.126. The molecule has 0 saturated heterocycles. The molecule has 0 N–H and O–H groups in total. The van der Waals surface area contributed by atoms with E-state index in [2.05, 4.69) is 14.9 Å². The fourth-order valence-corrected chi connectivity index (χ4v) is 2.44. The number of halogens is 1. The van der Waals surface area contributed by atoms with Gasteiger partial charge in [-0.1, -0.05) is 47.1 Å². The van der Waals surface area contributed by atoms with Crippen molar-refractivity contribution in [2.24, 2.45) is 0 Å². The van der Waals surface area contributed by atoms with E-state index in [9.17, 15) is 4.79 Å². The molecule has 0 aliphatic rings. The fourth-order valence-electron chi connectivity index (χ4n) is 2.22. The maximum absolute atomic E-state index is 11.5. The number of rotatable bonds is 6. The van der Waals surface area contributed by atoms with E-state index in [1.54, 1.807) is 18.2 Å². The van der Waals surface area contributed by atoms with Gasteiger partial charge in [-0.25, -0.2) is 0 Å². The zero-order valence-electron chi connectivity index (χ0n) is 13.4. The van der Waals surface area contributed by atoms with E-state index >= 15 is 0 Å². The van der Waals surface area contributed by atoms with Crippen molar-refractivity contribution in [1.29, 1.82) is 0 Å². The molecule has 0 unspecified atom stereocenters. The Balaban J connectivity index is 1.71. The van der Waals surface area contributed by atoms with Gasteiger partial charge in [0.15, 0.2) is 6.61 Å². The van der Waals surface area contributed by atoms with Crippen molar-refractivity contribution < 1.29 is 18.8 Å². The third-order valence-corrected chi connectivity index (χ3v) is 3.80. The average Bonchev–Trinajstić information content (AvgIpc) is 3.10. The second-order valence-electron chi connectivity index (χ2n) is 5.14. The summed E-state index contributed by atoms with van der Waals surface area (Å²) in [6, 6.07) is 14.5. The number of carbonyl (C=O) groups is 1. The van der Waals surface area contributed by atoms with E-state index in [0.29, 0.717) is 28.1 Å². The third-order valence-electron chi connectivity index (χ3n) is 3.47. The van der Waals surface area contributed by atoms with Crippen LogP contribution in [0.15, 0.2) is 53.1 Å². The van der Waals surface area contributed by atoms with Gasteiger partial charge in [0.2, 0.25) is 5.82 Å². The summed E-state index contributed by atoms with van der Waals surface area (Å²) in [4.78, 5) is 15.8. The van der Waals surface area contributed by atoms with Crippen molar-refractivity contribution in [2.75, 3.05) is 7.11 Å². The first-order valence-corrected chi connectivity index (χ1v) is 7.90. The third kappa shape index (κ3) is 4.16. The summed E-state index contributed by atoms with van der Waals surface area (Å²) >= 11 is 6.13. The summed E-state index contributed by atoms with van der Waals surface area (Å²) < 4.78 is 15.6. The molecule has 0 spiro atoms. The number of aromatic nitrogens is 2. The van der Waals surface area contributed by atoms with Crippen molar-refractivity contribution in [1.82, 2.24) is 10.1 Å². The zero-order valence-corrected chi connectivity index (χ0v) is 14.2. The second-order valence-corrected chi connectivity index (χ2v) is 5.55. The van der Waals surface area contributed by atoms with Crippen LogP contribution in [-0.2, 0) is 22.6 Å². The Hall–Kier alpha value is -2.86. The van der Waals surface area contributed by atoms with Crippen molar-refractivity contribution in [2.45, 2.75) is 13.0 Å². The molecule has 0 saturated carbocycles. The SMILES string of the molecule is COC(=O)Cc1ccccc1OCc1nc(-c2ccccc2Cl)no1. The van der Waals surface area contributed by atoms with Crippen LogP contribution in [0.25, 0.3) is 11.4 Å². The first-order chi connectivity index (χ1) is 12.2. The maximum Gasteiger partial charge on any atom is 0.310 e. The summed E-state index contributed by atoms with van der Waals surface area (Å²) in [6.45, 7) is 0.0790. The van der Waals surface area contributed by atoms with Crippen LogP contribution >= 0.6 is 11.6 Å². The number of benzene rings is 2. The van der Waals surface area contributed by atoms with Crippen LogP contribution in [0.2, 0.25) is 5.02 Å². The van der Waals surface area contributed by atoms with Gasteiger partial charge in [-0.05, 0) is 18.2 Å². The molecule has 0 aliphatic heterocycles. The van der Waals surface area contributed by atoms with Gasteiger partial charge in [-0.2, -0.15) is 4.98 Å². The number of hydrogen-bond donors (Lipinski definition) is 0. The van der Waals surface area contributed by atoms with Crippen LogP contribution in [-0.4, -0.2) is 23.2 Å². The minimum absolute atomic E-state index is 0.0790. The van der Waals surface area contributed by atoms with Gasteiger partial charge in [0, 0.05) is 11.1 Å². The highest BCUT2D eigenvalue weighted by atomic mass is 35.5. The average molecular weight is 359 g/mol. The molecule has 0 fully saturated rings. The molecule has 3 aromatic rings. The summed E-state index contributed by atoms with van der Waals surface area (Å²) in [5.74, 6) is 0.926. The second kappa shape index (κ2) is 7.81. The van der Waals surface area contributed by atoms with Gasteiger partial charge < -0.3 is 14.0 Å². The summed E-state index contributed by atoms with van der Waals surface area (Å²) in [7, 11) is 1.35. The first-order valence-electron chi connectivity index (χ1n) is 7.52. The van der Waals surface area contributed by atoms with Gasteiger partial charge in [0.1, 0.15) is 5.75 Å². The van der Waals surface area contributed by atoms with E-state index in [1.165, 1.54) is 7.11 Å². The lowest BCUT2D eigenvalue weighted by Gasteiger charge is -2.08. The Morgan fingerprint density at radius 2 is 1.92 bits per heavy atom. The van der Waals surface area contributed by atoms with Gasteiger partial charge >= 0.3 is 5.97 Å². The first kappa shape index (κ1) is 17.0. The van der Waals surface area contributed by atoms with Crippen LogP contribution in [0.4, 0.5) is 0 Å². The van der Waals surface area contributed by atoms with Crippen LogP contribution in [0.5, 0.6) is 5.75 Å². The fraction of sp³-hybridized carbons (Fsp3) is 0.167. The molecule has 0 bridgehead atoms. The van der Waals surface area contributed by atoms with Gasteiger partial charge in [0.05, 0.1) is 18.6 Å². The predicted molar refractivity (Wildman–Crippen MR) is 91.2 cm³/mol. The van der Waals surface area contributed by atoms with Crippen molar-refractivity contribution in [3.05, 3.63) is 65.0 Å². The quantitative estimate of drug-likeness (QED) is 0.626. The van der Waals surface area contributed by atoms with Crippen molar-refractivity contribution >= 4 is 17.6 Å². The molecular weight excluding hydrogens is 344 g/mol. The van der Waals surface area contributed by atoms with E-state index in [4.69, 9.17) is 20.9 Å². The maximum atomic E-state index is 11.5. The van der Waals surface area contributed by atoms with E-state index in [0.717, 1.165) is 5.56 Å². The van der Waals surface area contributed by atoms with Gasteiger partial charge in [-0.15, -0.1) is 0 Å². The molecule has 1 aromatic heterocycles. The van der Waals surface area contributed by atoms with E-state index in [-0.39, 0.29) is 19.0 Å². The predicted octanol–water partition coefficient (Wildman–Crippen LogP) is 3.68. The zero-order chi connectivity index (χ0) is 17.6. The van der Waals surface area contributed by atoms with E-state index in [1.807, 2.05) is 30.3 Å². The molecule has 0 amide bonds. The minimum Gasteiger partial charge on any atom is -0.483 e. The normalized spacial score (nSPS) is 10.5. The number of esters is 1. The lowest BCUT2D eigenvalue weighted by molar-refractivity contribution is -0.139.